The van der Waals surface area contributed by atoms with Crippen LogP contribution in [-0.2, 0) is 14.3 Å². The van der Waals surface area contributed by atoms with Crippen LogP contribution < -0.4 is 5.32 Å². The number of carbonyl (C=O) groups is 2. The second-order valence-corrected chi connectivity index (χ2v) is 7.13. The van der Waals surface area contributed by atoms with Crippen molar-refractivity contribution in [3.63, 3.8) is 0 Å². The second-order valence-electron chi connectivity index (χ2n) is 7.13. The number of aromatic nitrogens is 1. The van der Waals surface area contributed by atoms with Gasteiger partial charge in [0, 0.05) is 44.4 Å². The maximum Gasteiger partial charge on any atom is 0.228 e. The monoisotopic (exact) mass is 329 g/mol. The molecule has 0 aromatic carbocycles. The predicted octanol–water partition coefficient (Wildman–Crippen LogP) is 1.08. The van der Waals surface area contributed by atoms with Crippen molar-refractivity contribution in [2.24, 2.45) is 5.92 Å². The van der Waals surface area contributed by atoms with E-state index in [1.54, 1.807) is 6.20 Å². The van der Waals surface area contributed by atoms with Gasteiger partial charge in [0.05, 0.1) is 18.1 Å². The molecule has 6 nitrogen and oxygen atoms in total. The van der Waals surface area contributed by atoms with Gasteiger partial charge in [-0.1, -0.05) is 6.07 Å². The van der Waals surface area contributed by atoms with Gasteiger partial charge in [-0.3, -0.25) is 14.6 Å². The summed E-state index contributed by atoms with van der Waals surface area (Å²) in [7, 11) is 0. The molecule has 3 fully saturated rings. The maximum absolute atomic E-state index is 12.6. The standard InChI is InChI=1S/C18H23N3O3/c22-16-10-15(13-2-1-6-19-11-13)18(20-16)4-7-21(8-5-18)17(23)14-3-9-24-12-14/h1-2,6,11,14-15H,3-5,7-10,12H2,(H,20,22)/t14-,15-/m1/s1. The Balaban J connectivity index is 1.48. The maximum atomic E-state index is 12.6. The highest BCUT2D eigenvalue weighted by atomic mass is 16.5. The molecule has 24 heavy (non-hydrogen) atoms. The zero-order valence-corrected chi connectivity index (χ0v) is 13.7. The van der Waals surface area contributed by atoms with Crippen LogP contribution in [0.15, 0.2) is 24.5 Å². The molecular weight excluding hydrogens is 306 g/mol. The van der Waals surface area contributed by atoms with Crippen LogP contribution in [0.2, 0.25) is 0 Å². The summed E-state index contributed by atoms with van der Waals surface area (Å²) in [6.07, 6.45) is 6.56. The van der Waals surface area contributed by atoms with E-state index in [0.717, 1.165) is 24.8 Å². The molecule has 1 aromatic rings. The van der Waals surface area contributed by atoms with Gasteiger partial charge in [0.1, 0.15) is 0 Å². The summed E-state index contributed by atoms with van der Waals surface area (Å²) in [6, 6.07) is 3.97. The number of likely N-dealkylation sites (tertiary alicyclic amines) is 1. The minimum atomic E-state index is -0.233. The third-order valence-corrected chi connectivity index (χ3v) is 5.78. The Bertz CT molecular complexity index is 620. The molecule has 4 rings (SSSR count). The number of nitrogens with zero attached hydrogens (tertiary/aromatic N) is 2. The zero-order chi connectivity index (χ0) is 16.6. The molecular formula is C18H23N3O3. The van der Waals surface area contributed by atoms with Crippen LogP contribution in [0.4, 0.5) is 0 Å². The molecule has 1 N–H and O–H groups in total. The summed E-state index contributed by atoms with van der Waals surface area (Å²) < 4.78 is 5.34. The lowest BCUT2D eigenvalue weighted by Crippen LogP contribution is -2.55. The molecule has 2 atom stereocenters. The first-order chi connectivity index (χ1) is 11.7. The summed E-state index contributed by atoms with van der Waals surface area (Å²) in [6.45, 7) is 2.64. The molecule has 0 bridgehead atoms. The van der Waals surface area contributed by atoms with E-state index in [1.165, 1.54) is 0 Å². The fourth-order valence-corrected chi connectivity index (χ4v) is 4.40. The molecule has 1 aromatic heterocycles. The lowest BCUT2D eigenvalue weighted by Gasteiger charge is -2.43. The third-order valence-electron chi connectivity index (χ3n) is 5.78. The van der Waals surface area contributed by atoms with Crippen LogP contribution in [0.1, 0.15) is 37.2 Å². The number of rotatable bonds is 2. The van der Waals surface area contributed by atoms with E-state index in [1.807, 2.05) is 23.2 Å². The Morgan fingerprint density at radius 3 is 2.88 bits per heavy atom. The highest BCUT2D eigenvalue weighted by Crippen LogP contribution is 2.43. The van der Waals surface area contributed by atoms with Gasteiger partial charge >= 0.3 is 0 Å². The first-order valence-electron chi connectivity index (χ1n) is 8.75. The molecule has 128 valence electrons. The summed E-state index contributed by atoms with van der Waals surface area (Å²) in [5, 5.41) is 3.22. The minimum Gasteiger partial charge on any atom is -0.381 e. The number of hydrogen-bond donors (Lipinski definition) is 1. The normalized spacial score (nSPS) is 29.0. The Morgan fingerprint density at radius 2 is 2.21 bits per heavy atom. The van der Waals surface area contributed by atoms with Crippen molar-refractivity contribution < 1.29 is 14.3 Å². The highest BCUT2D eigenvalue weighted by Gasteiger charge is 2.49. The average Bonchev–Trinajstić information content (AvgIpc) is 3.24. The molecule has 1 spiro atoms. The zero-order valence-electron chi connectivity index (χ0n) is 13.7. The number of pyridine rings is 1. The van der Waals surface area contributed by atoms with Gasteiger partial charge in [-0.2, -0.15) is 0 Å². The number of ether oxygens (including phenoxy) is 1. The Morgan fingerprint density at radius 1 is 1.38 bits per heavy atom. The molecule has 0 unspecified atom stereocenters. The second kappa shape index (κ2) is 6.16. The summed E-state index contributed by atoms with van der Waals surface area (Å²) in [5.41, 5.74) is 0.878. The van der Waals surface area contributed by atoms with Gasteiger partial charge in [-0.05, 0) is 30.9 Å². The summed E-state index contributed by atoms with van der Waals surface area (Å²) >= 11 is 0. The number of amides is 2. The Labute approximate surface area is 141 Å². The van der Waals surface area contributed by atoms with Crippen LogP contribution in [0.25, 0.3) is 0 Å². The van der Waals surface area contributed by atoms with Crippen molar-refractivity contribution in [2.45, 2.75) is 37.1 Å². The van der Waals surface area contributed by atoms with E-state index in [-0.39, 0.29) is 29.2 Å². The van der Waals surface area contributed by atoms with E-state index >= 15 is 0 Å². The quantitative estimate of drug-likeness (QED) is 0.881. The van der Waals surface area contributed by atoms with E-state index in [9.17, 15) is 9.59 Å². The number of piperidine rings is 1. The molecule has 3 aliphatic heterocycles. The van der Waals surface area contributed by atoms with Crippen LogP contribution in [0.3, 0.4) is 0 Å². The molecule has 0 aliphatic carbocycles. The van der Waals surface area contributed by atoms with Gasteiger partial charge in [0.15, 0.2) is 0 Å². The molecule has 0 saturated carbocycles. The number of hydrogen-bond acceptors (Lipinski definition) is 4. The van der Waals surface area contributed by atoms with Crippen molar-refractivity contribution >= 4 is 11.8 Å². The molecule has 0 radical (unpaired) electrons. The molecule has 4 heterocycles. The van der Waals surface area contributed by atoms with E-state index in [0.29, 0.717) is 32.7 Å². The SMILES string of the molecule is O=C1C[C@H](c2cccnc2)C2(CCN(C(=O)[C@@H]3CCOC3)CC2)N1. The van der Waals surface area contributed by atoms with Crippen molar-refractivity contribution in [3.05, 3.63) is 30.1 Å². The third kappa shape index (κ3) is 2.69. The first kappa shape index (κ1) is 15.6. The summed E-state index contributed by atoms with van der Waals surface area (Å²) in [4.78, 5) is 30.8. The lowest BCUT2D eigenvalue weighted by molar-refractivity contribution is -0.137. The van der Waals surface area contributed by atoms with E-state index in [4.69, 9.17) is 4.74 Å². The minimum absolute atomic E-state index is 0.0198. The largest absolute Gasteiger partial charge is 0.381 e. The molecule has 6 heteroatoms. The molecule has 3 saturated heterocycles. The van der Waals surface area contributed by atoms with Gasteiger partial charge < -0.3 is 15.0 Å². The lowest BCUT2D eigenvalue weighted by atomic mass is 9.74. The smallest absolute Gasteiger partial charge is 0.228 e. The Kier molecular flexibility index (Phi) is 4.00. The van der Waals surface area contributed by atoms with Gasteiger partial charge in [0.25, 0.3) is 0 Å². The van der Waals surface area contributed by atoms with Gasteiger partial charge in [0.2, 0.25) is 11.8 Å². The topological polar surface area (TPSA) is 71.5 Å². The van der Waals surface area contributed by atoms with Crippen molar-refractivity contribution in [1.29, 1.82) is 0 Å². The van der Waals surface area contributed by atoms with Crippen LogP contribution in [0.5, 0.6) is 0 Å². The van der Waals surface area contributed by atoms with E-state index in [2.05, 4.69) is 10.3 Å². The average molecular weight is 329 g/mol. The van der Waals surface area contributed by atoms with Crippen molar-refractivity contribution in [1.82, 2.24) is 15.2 Å². The molecule has 2 amide bonds. The first-order valence-corrected chi connectivity index (χ1v) is 8.75. The fraction of sp³-hybridized carbons (Fsp3) is 0.611. The van der Waals surface area contributed by atoms with Crippen molar-refractivity contribution in [3.8, 4) is 0 Å². The number of nitrogens with one attached hydrogen (secondary N) is 1. The van der Waals surface area contributed by atoms with Gasteiger partial charge in [-0.25, -0.2) is 0 Å². The fourth-order valence-electron chi connectivity index (χ4n) is 4.40. The van der Waals surface area contributed by atoms with E-state index < -0.39 is 0 Å². The predicted molar refractivity (Wildman–Crippen MR) is 87.2 cm³/mol. The van der Waals surface area contributed by atoms with Crippen LogP contribution in [-0.4, -0.2) is 53.5 Å². The Hall–Kier alpha value is -1.95. The van der Waals surface area contributed by atoms with Crippen LogP contribution >= 0.6 is 0 Å². The van der Waals surface area contributed by atoms with Crippen molar-refractivity contribution in [2.75, 3.05) is 26.3 Å². The molecule has 3 aliphatic rings. The highest BCUT2D eigenvalue weighted by molar-refractivity contribution is 5.82. The van der Waals surface area contributed by atoms with Crippen LogP contribution in [0, 0.1) is 5.92 Å². The number of carbonyl (C=O) groups excluding carboxylic acids is 2. The van der Waals surface area contributed by atoms with Gasteiger partial charge in [-0.15, -0.1) is 0 Å². The summed E-state index contributed by atoms with van der Waals surface area (Å²) in [5.74, 6) is 0.481.